The monoisotopic (exact) mass is 538 g/mol. The maximum Gasteiger partial charge on any atom is 0.264 e. The summed E-state index contributed by atoms with van der Waals surface area (Å²) in [7, 11) is 0. The number of morpholine rings is 1. The van der Waals surface area contributed by atoms with Crippen molar-refractivity contribution in [3.8, 4) is 0 Å². The number of ether oxygens (including phenoxy) is 1. The summed E-state index contributed by atoms with van der Waals surface area (Å²) in [5, 5.41) is 4.77. The van der Waals surface area contributed by atoms with Crippen LogP contribution in [0.1, 0.15) is 46.7 Å². The van der Waals surface area contributed by atoms with Gasteiger partial charge in [0.05, 0.1) is 30.7 Å². The van der Waals surface area contributed by atoms with Gasteiger partial charge in [0.15, 0.2) is 5.78 Å². The fraction of sp³-hybridized carbons (Fsp3) is 0.500. The van der Waals surface area contributed by atoms with Gasteiger partial charge in [0.1, 0.15) is 12.1 Å². The van der Waals surface area contributed by atoms with E-state index in [9.17, 15) is 19.2 Å². The average molecular weight is 539 g/mol. The second-order valence-electron chi connectivity index (χ2n) is 10.5. The van der Waals surface area contributed by atoms with Crippen LogP contribution in [0.2, 0.25) is 0 Å². The molecule has 3 saturated heterocycles. The molecule has 202 valence electrons. The van der Waals surface area contributed by atoms with Crippen molar-refractivity contribution >= 4 is 40.5 Å². The zero-order valence-corrected chi connectivity index (χ0v) is 22.6. The van der Waals surface area contributed by atoms with E-state index < -0.39 is 12.1 Å². The molecule has 3 amide bonds. The van der Waals surface area contributed by atoms with Gasteiger partial charge in [-0.3, -0.25) is 19.2 Å². The van der Waals surface area contributed by atoms with Gasteiger partial charge in [0.2, 0.25) is 5.91 Å². The van der Waals surface area contributed by atoms with Crippen LogP contribution in [0.5, 0.6) is 0 Å². The predicted octanol–water partition coefficient (Wildman–Crippen LogP) is 2.42. The third-order valence-electron chi connectivity index (χ3n) is 7.51. The number of nitrogens with zero attached hydrogens (tertiary/aromatic N) is 3. The fourth-order valence-corrected chi connectivity index (χ4v) is 6.34. The zero-order chi connectivity index (χ0) is 26.8. The van der Waals surface area contributed by atoms with Crippen molar-refractivity contribution in [1.82, 2.24) is 15.1 Å². The van der Waals surface area contributed by atoms with Gasteiger partial charge in [-0.25, -0.2) is 0 Å². The van der Waals surface area contributed by atoms with E-state index in [-0.39, 0.29) is 42.0 Å². The summed E-state index contributed by atoms with van der Waals surface area (Å²) >= 11 is 1.35. The molecule has 2 aromatic rings. The Bertz CT molecular complexity index is 1180. The smallest absolute Gasteiger partial charge is 0.264 e. The van der Waals surface area contributed by atoms with Gasteiger partial charge in [-0.2, -0.15) is 0 Å². The van der Waals surface area contributed by atoms with Crippen molar-refractivity contribution in [2.45, 2.75) is 44.8 Å². The summed E-state index contributed by atoms with van der Waals surface area (Å²) in [4.78, 5) is 58.9. The zero-order valence-electron chi connectivity index (χ0n) is 21.8. The molecule has 10 heteroatoms. The van der Waals surface area contributed by atoms with E-state index in [1.807, 2.05) is 37.4 Å². The average Bonchev–Trinajstić information content (AvgIpc) is 3.67. The highest BCUT2D eigenvalue weighted by Gasteiger charge is 2.52. The van der Waals surface area contributed by atoms with Gasteiger partial charge in [-0.15, -0.1) is 11.3 Å². The molecule has 1 aromatic carbocycles. The van der Waals surface area contributed by atoms with E-state index in [1.54, 1.807) is 28.0 Å². The van der Waals surface area contributed by atoms with Crippen LogP contribution in [0.25, 0.3) is 0 Å². The number of amides is 3. The molecule has 5 rings (SSSR count). The van der Waals surface area contributed by atoms with E-state index in [4.69, 9.17) is 4.74 Å². The molecule has 1 N–H and O–H groups in total. The lowest BCUT2D eigenvalue weighted by Crippen LogP contribution is -2.53. The molecule has 0 aliphatic carbocycles. The van der Waals surface area contributed by atoms with Crippen LogP contribution in [-0.2, 0) is 14.3 Å². The van der Waals surface area contributed by atoms with Crippen LogP contribution >= 0.6 is 11.3 Å². The first-order valence-corrected chi connectivity index (χ1v) is 14.1. The lowest BCUT2D eigenvalue weighted by molar-refractivity contribution is -0.138. The first kappa shape index (κ1) is 26.4. The number of ketones is 1. The molecule has 0 spiro atoms. The number of anilines is 1. The first-order chi connectivity index (χ1) is 18.3. The van der Waals surface area contributed by atoms with Crippen LogP contribution < -0.4 is 10.2 Å². The van der Waals surface area contributed by atoms with Crippen molar-refractivity contribution < 1.29 is 23.9 Å². The van der Waals surface area contributed by atoms with E-state index in [0.717, 1.165) is 18.8 Å². The van der Waals surface area contributed by atoms with Gasteiger partial charge >= 0.3 is 0 Å². The lowest BCUT2D eigenvalue weighted by Gasteiger charge is -2.29. The Morgan fingerprint density at radius 1 is 1.05 bits per heavy atom. The molecule has 1 aromatic heterocycles. The van der Waals surface area contributed by atoms with E-state index in [1.165, 1.54) is 11.3 Å². The minimum absolute atomic E-state index is 0.00649. The Labute approximate surface area is 226 Å². The largest absolute Gasteiger partial charge is 0.378 e. The number of carbonyl (C=O) groups excluding carboxylic acids is 4. The van der Waals surface area contributed by atoms with Gasteiger partial charge in [-0.05, 0) is 54.5 Å². The minimum Gasteiger partial charge on any atom is -0.378 e. The fourth-order valence-electron chi connectivity index (χ4n) is 5.66. The molecule has 9 nitrogen and oxygen atoms in total. The van der Waals surface area contributed by atoms with E-state index >= 15 is 0 Å². The highest BCUT2D eigenvalue weighted by Crippen LogP contribution is 2.32. The third kappa shape index (κ3) is 5.33. The molecule has 3 aliphatic heterocycles. The minimum atomic E-state index is -0.755. The van der Waals surface area contributed by atoms with Gasteiger partial charge in [0, 0.05) is 30.9 Å². The summed E-state index contributed by atoms with van der Waals surface area (Å²) in [6, 6.07) is 9.21. The molecular weight excluding hydrogens is 504 g/mol. The first-order valence-electron chi connectivity index (χ1n) is 13.2. The summed E-state index contributed by atoms with van der Waals surface area (Å²) < 4.78 is 5.41. The van der Waals surface area contributed by atoms with Crippen LogP contribution in [-0.4, -0.2) is 90.8 Å². The highest BCUT2D eigenvalue weighted by molar-refractivity contribution is 7.12. The predicted molar refractivity (Wildman–Crippen MR) is 144 cm³/mol. The van der Waals surface area contributed by atoms with Crippen molar-refractivity contribution in [2.24, 2.45) is 5.92 Å². The maximum absolute atomic E-state index is 13.7. The molecular formula is C28H34N4O5S. The SMILES string of the molecule is CC(C)CC(NC(=O)c1ccc(N2CCOCC2)cc1)C(=O)N1CCC2C1C(=O)CN2C(=O)c1cccs1. The number of fused-ring (bicyclic) bond motifs is 1. The Morgan fingerprint density at radius 3 is 2.45 bits per heavy atom. The lowest BCUT2D eigenvalue weighted by atomic mass is 10.0. The van der Waals surface area contributed by atoms with Gasteiger partial charge in [-0.1, -0.05) is 19.9 Å². The second kappa shape index (κ2) is 11.2. The molecule has 0 bridgehead atoms. The molecule has 3 aliphatic rings. The number of nitrogens with one attached hydrogen (secondary N) is 1. The number of rotatable bonds is 7. The van der Waals surface area contributed by atoms with Gasteiger partial charge in [0.25, 0.3) is 11.8 Å². The van der Waals surface area contributed by atoms with Crippen molar-refractivity contribution in [3.05, 3.63) is 52.2 Å². The van der Waals surface area contributed by atoms with Crippen molar-refractivity contribution in [3.63, 3.8) is 0 Å². The molecule has 38 heavy (non-hydrogen) atoms. The van der Waals surface area contributed by atoms with Gasteiger partial charge < -0.3 is 24.8 Å². The highest BCUT2D eigenvalue weighted by atomic mass is 32.1. The third-order valence-corrected chi connectivity index (χ3v) is 8.37. The molecule has 0 radical (unpaired) electrons. The van der Waals surface area contributed by atoms with E-state index in [2.05, 4.69) is 10.2 Å². The summed E-state index contributed by atoms with van der Waals surface area (Å²) in [5.41, 5.74) is 1.51. The molecule has 0 saturated carbocycles. The topological polar surface area (TPSA) is 99.3 Å². The number of carbonyl (C=O) groups is 4. The van der Waals surface area contributed by atoms with Crippen molar-refractivity contribution in [1.29, 1.82) is 0 Å². The molecule has 4 heterocycles. The summed E-state index contributed by atoms with van der Waals surface area (Å²) in [5.74, 6) is -0.715. The number of hydrogen-bond acceptors (Lipinski definition) is 7. The Morgan fingerprint density at radius 2 is 1.79 bits per heavy atom. The quantitative estimate of drug-likeness (QED) is 0.582. The number of benzene rings is 1. The second-order valence-corrected chi connectivity index (χ2v) is 11.5. The number of hydrogen-bond donors (Lipinski definition) is 1. The Balaban J connectivity index is 1.28. The summed E-state index contributed by atoms with van der Waals surface area (Å²) in [6.45, 7) is 7.37. The van der Waals surface area contributed by atoms with Crippen molar-refractivity contribution in [2.75, 3.05) is 44.3 Å². The molecule has 3 fully saturated rings. The van der Waals surface area contributed by atoms with Crippen LogP contribution in [0, 0.1) is 5.92 Å². The van der Waals surface area contributed by atoms with Crippen LogP contribution in [0.3, 0.4) is 0 Å². The summed E-state index contributed by atoms with van der Waals surface area (Å²) in [6.07, 6.45) is 1.00. The Kier molecular flexibility index (Phi) is 7.80. The Hall–Kier alpha value is -3.24. The van der Waals surface area contributed by atoms with E-state index in [0.29, 0.717) is 43.0 Å². The molecule has 3 atom stereocenters. The number of likely N-dealkylation sites (tertiary alicyclic amines) is 2. The standard InChI is InChI=1S/C28H34N4O5S/c1-18(2)16-21(29-26(34)19-5-7-20(8-6-19)30-11-13-37-14-12-30)27(35)31-10-9-22-25(31)23(33)17-32(22)28(36)24-4-3-15-38-24/h3-8,15,18,21-22,25H,9-14,16-17H2,1-2H3,(H,29,34). The number of thiophene rings is 1. The maximum atomic E-state index is 13.7. The number of Topliss-reactive ketones (excluding diaryl/α,β-unsaturated/α-hetero) is 1. The van der Waals surface area contributed by atoms with Crippen LogP contribution in [0.15, 0.2) is 41.8 Å². The van der Waals surface area contributed by atoms with Crippen LogP contribution in [0.4, 0.5) is 5.69 Å². The normalized spacial score (nSPS) is 22.1. The molecule has 3 unspecified atom stereocenters.